The van der Waals surface area contributed by atoms with Crippen LogP contribution in [0.15, 0.2) is 24.3 Å². The number of hydrogen-bond acceptors (Lipinski definition) is 4. The maximum absolute atomic E-state index is 12.6. The Bertz CT molecular complexity index is 576. The molecule has 1 aliphatic carbocycles. The molecule has 0 aromatic heterocycles. The van der Waals surface area contributed by atoms with E-state index < -0.39 is 0 Å². The number of amides is 1. The van der Waals surface area contributed by atoms with Crippen molar-refractivity contribution >= 4 is 5.91 Å². The van der Waals surface area contributed by atoms with Crippen LogP contribution in [-0.2, 0) is 9.53 Å². The number of likely N-dealkylation sites (tertiary alicyclic amines) is 1. The van der Waals surface area contributed by atoms with Gasteiger partial charge in [-0.2, -0.15) is 0 Å². The molecule has 0 unspecified atom stereocenters. The summed E-state index contributed by atoms with van der Waals surface area (Å²) in [6, 6.07) is 7.35. The van der Waals surface area contributed by atoms with Gasteiger partial charge in [-0.25, -0.2) is 0 Å². The third-order valence-corrected chi connectivity index (χ3v) is 5.47. The van der Waals surface area contributed by atoms with Gasteiger partial charge in [-0.05, 0) is 37.8 Å². The summed E-state index contributed by atoms with van der Waals surface area (Å²) in [6.45, 7) is 1.69. The van der Waals surface area contributed by atoms with Crippen molar-refractivity contribution in [2.45, 2.75) is 38.2 Å². The molecular formula is C19H27NO4. The second-order valence-electron chi connectivity index (χ2n) is 6.87. The molecule has 0 radical (unpaired) electrons. The standard InChI is InChI=1S/C19H27NO4/c1-22-15-6-3-7-16(12-15)24-13-18(21)20-11-5-10-19(14-20)9-4-8-17(19)23-2/h3,6-7,12,17H,4-5,8-11,13-14H2,1-2H3/t17-,19+/m1/s1. The lowest BCUT2D eigenvalue weighted by Gasteiger charge is -2.43. The van der Waals surface area contributed by atoms with Crippen molar-refractivity contribution < 1.29 is 19.0 Å². The Morgan fingerprint density at radius 3 is 2.83 bits per heavy atom. The summed E-state index contributed by atoms with van der Waals surface area (Å²) < 4.78 is 16.5. The van der Waals surface area contributed by atoms with Crippen LogP contribution in [0.4, 0.5) is 0 Å². The smallest absolute Gasteiger partial charge is 0.260 e. The minimum Gasteiger partial charge on any atom is -0.497 e. The number of carbonyl (C=O) groups excluding carboxylic acids is 1. The van der Waals surface area contributed by atoms with Crippen molar-refractivity contribution in [3.05, 3.63) is 24.3 Å². The van der Waals surface area contributed by atoms with E-state index in [1.54, 1.807) is 20.3 Å². The number of carbonyl (C=O) groups is 1. The molecule has 3 rings (SSSR count). The molecule has 0 bridgehead atoms. The van der Waals surface area contributed by atoms with Crippen LogP contribution in [0.25, 0.3) is 0 Å². The van der Waals surface area contributed by atoms with Crippen LogP contribution in [0.2, 0.25) is 0 Å². The zero-order chi connectivity index (χ0) is 17.0. The molecule has 1 aromatic rings. The fourth-order valence-electron chi connectivity index (χ4n) is 4.24. The molecule has 2 fully saturated rings. The molecule has 1 aliphatic heterocycles. The van der Waals surface area contributed by atoms with Gasteiger partial charge in [-0.15, -0.1) is 0 Å². The van der Waals surface area contributed by atoms with Gasteiger partial charge in [0.15, 0.2) is 6.61 Å². The van der Waals surface area contributed by atoms with E-state index in [-0.39, 0.29) is 24.0 Å². The largest absolute Gasteiger partial charge is 0.497 e. The Morgan fingerprint density at radius 2 is 2.04 bits per heavy atom. The molecule has 1 saturated heterocycles. The normalized spacial score (nSPS) is 26.6. The molecule has 1 spiro atoms. The van der Waals surface area contributed by atoms with E-state index in [1.165, 1.54) is 6.42 Å². The Hall–Kier alpha value is -1.75. The summed E-state index contributed by atoms with van der Waals surface area (Å²) in [5.41, 5.74) is 0.151. The summed E-state index contributed by atoms with van der Waals surface area (Å²) in [6.07, 6.45) is 5.95. The van der Waals surface area contributed by atoms with Gasteiger partial charge < -0.3 is 19.1 Å². The summed E-state index contributed by atoms with van der Waals surface area (Å²) in [4.78, 5) is 14.5. The Balaban J connectivity index is 1.58. The number of methoxy groups -OCH3 is 2. The van der Waals surface area contributed by atoms with E-state index >= 15 is 0 Å². The first-order chi connectivity index (χ1) is 11.7. The molecule has 2 aliphatic rings. The molecule has 132 valence electrons. The number of rotatable bonds is 5. The third-order valence-electron chi connectivity index (χ3n) is 5.47. The van der Waals surface area contributed by atoms with E-state index in [2.05, 4.69) is 0 Å². The van der Waals surface area contributed by atoms with E-state index in [0.29, 0.717) is 5.75 Å². The van der Waals surface area contributed by atoms with Crippen LogP contribution in [0.3, 0.4) is 0 Å². The van der Waals surface area contributed by atoms with Crippen molar-refractivity contribution in [2.24, 2.45) is 5.41 Å². The fourth-order valence-corrected chi connectivity index (χ4v) is 4.24. The van der Waals surface area contributed by atoms with Crippen molar-refractivity contribution in [3.63, 3.8) is 0 Å². The predicted octanol–water partition coefficient (Wildman–Crippen LogP) is 2.88. The first-order valence-electron chi connectivity index (χ1n) is 8.74. The molecule has 1 aromatic carbocycles. The summed E-state index contributed by atoms with van der Waals surface area (Å²) in [5.74, 6) is 1.44. The van der Waals surface area contributed by atoms with Crippen molar-refractivity contribution in [1.29, 1.82) is 0 Å². The predicted molar refractivity (Wildman–Crippen MR) is 91.4 cm³/mol. The Morgan fingerprint density at radius 1 is 1.25 bits per heavy atom. The highest BCUT2D eigenvalue weighted by Crippen LogP contribution is 2.46. The van der Waals surface area contributed by atoms with Crippen LogP contribution in [0, 0.1) is 5.41 Å². The summed E-state index contributed by atoms with van der Waals surface area (Å²) in [7, 11) is 3.41. The molecule has 24 heavy (non-hydrogen) atoms. The molecule has 1 heterocycles. The topological polar surface area (TPSA) is 48.0 Å². The molecule has 1 saturated carbocycles. The van der Waals surface area contributed by atoms with Crippen molar-refractivity contribution in [3.8, 4) is 11.5 Å². The van der Waals surface area contributed by atoms with Crippen molar-refractivity contribution in [2.75, 3.05) is 33.9 Å². The first kappa shape index (κ1) is 17.1. The Kier molecular flexibility index (Phi) is 5.29. The van der Waals surface area contributed by atoms with Gasteiger partial charge in [-0.3, -0.25) is 4.79 Å². The highest BCUT2D eigenvalue weighted by Gasteiger charge is 2.46. The maximum Gasteiger partial charge on any atom is 0.260 e. The molecule has 2 atom stereocenters. The quantitative estimate of drug-likeness (QED) is 0.831. The lowest BCUT2D eigenvalue weighted by atomic mass is 9.76. The number of nitrogens with zero attached hydrogens (tertiary/aromatic N) is 1. The molecule has 5 heteroatoms. The zero-order valence-electron chi connectivity index (χ0n) is 14.6. The van der Waals surface area contributed by atoms with Crippen molar-refractivity contribution in [1.82, 2.24) is 4.90 Å². The van der Waals surface area contributed by atoms with E-state index in [0.717, 1.165) is 44.5 Å². The highest BCUT2D eigenvalue weighted by molar-refractivity contribution is 5.78. The van der Waals surface area contributed by atoms with Crippen LogP contribution < -0.4 is 9.47 Å². The van der Waals surface area contributed by atoms with Gasteiger partial charge >= 0.3 is 0 Å². The molecule has 1 amide bonds. The number of piperidine rings is 1. The van der Waals surface area contributed by atoms with Crippen LogP contribution in [0.5, 0.6) is 11.5 Å². The van der Waals surface area contributed by atoms with Gasteiger partial charge in [0, 0.05) is 31.7 Å². The summed E-state index contributed by atoms with van der Waals surface area (Å²) in [5, 5.41) is 0. The zero-order valence-corrected chi connectivity index (χ0v) is 14.6. The summed E-state index contributed by atoms with van der Waals surface area (Å²) >= 11 is 0. The highest BCUT2D eigenvalue weighted by atomic mass is 16.5. The lowest BCUT2D eigenvalue weighted by Crippen LogP contribution is -2.50. The molecular weight excluding hydrogens is 306 g/mol. The van der Waals surface area contributed by atoms with Crippen LogP contribution in [-0.4, -0.2) is 50.8 Å². The van der Waals surface area contributed by atoms with Crippen LogP contribution in [0.1, 0.15) is 32.1 Å². The van der Waals surface area contributed by atoms with Gasteiger partial charge in [0.05, 0.1) is 13.2 Å². The number of benzene rings is 1. The van der Waals surface area contributed by atoms with Gasteiger partial charge in [0.25, 0.3) is 5.91 Å². The average Bonchev–Trinajstić information content (AvgIpc) is 3.01. The number of ether oxygens (including phenoxy) is 3. The lowest BCUT2D eigenvalue weighted by molar-refractivity contribution is -0.139. The Labute approximate surface area is 143 Å². The third kappa shape index (κ3) is 3.51. The average molecular weight is 333 g/mol. The van der Waals surface area contributed by atoms with E-state index in [9.17, 15) is 4.79 Å². The first-order valence-corrected chi connectivity index (χ1v) is 8.74. The monoisotopic (exact) mass is 333 g/mol. The maximum atomic E-state index is 12.6. The molecule has 0 N–H and O–H groups in total. The van der Waals surface area contributed by atoms with Crippen LogP contribution >= 0.6 is 0 Å². The van der Waals surface area contributed by atoms with E-state index in [1.807, 2.05) is 23.1 Å². The van der Waals surface area contributed by atoms with Gasteiger partial charge in [0.1, 0.15) is 11.5 Å². The second-order valence-corrected chi connectivity index (χ2v) is 6.87. The van der Waals surface area contributed by atoms with Gasteiger partial charge in [-0.1, -0.05) is 12.5 Å². The van der Waals surface area contributed by atoms with E-state index in [4.69, 9.17) is 14.2 Å². The molecule has 5 nitrogen and oxygen atoms in total. The fraction of sp³-hybridized carbons (Fsp3) is 0.632. The minimum atomic E-state index is 0.0543. The minimum absolute atomic E-state index is 0.0543. The number of hydrogen-bond donors (Lipinski definition) is 0. The van der Waals surface area contributed by atoms with Gasteiger partial charge in [0.2, 0.25) is 0 Å². The SMILES string of the molecule is COc1cccc(OCC(=O)N2CCC[C@@]3(CCC[C@H]3OC)C2)c1. The second kappa shape index (κ2) is 7.43.